The molecule has 0 aliphatic rings. The third kappa shape index (κ3) is 5.94. The second-order valence-corrected chi connectivity index (χ2v) is 6.42. The lowest BCUT2D eigenvalue weighted by atomic mass is 10.2. The first kappa shape index (κ1) is 17.3. The van der Waals surface area contributed by atoms with Crippen molar-refractivity contribution in [3.05, 3.63) is 52.2 Å². The van der Waals surface area contributed by atoms with Gasteiger partial charge in [0.2, 0.25) is 0 Å². The standard InChI is InChI=1S/C18H25N3OS/c1-15-6-8-16(9-7-15)22-13-11-20-18(19-2)21(3)12-10-17-5-4-14-23-17/h4-9,14H,10-13H2,1-3H3,(H,19,20). The lowest BCUT2D eigenvalue weighted by Gasteiger charge is -2.21. The Morgan fingerprint density at radius 2 is 2.04 bits per heavy atom. The first-order valence-corrected chi connectivity index (χ1v) is 8.70. The van der Waals surface area contributed by atoms with Crippen LogP contribution < -0.4 is 10.1 Å². The topological polar surface area (TPSA) is 36.9 Å². The molecular weight excluding hydrogens is 306 g/mol. The number of aryl methyl sites for hydroxylation is 1. The molecule has 5 heteroatoms. The fourth-order valence-electron chi connectivity index (χ4n) is 2.19. The molecule has 1 aromatic carbocycles. The summed E-state index contributed by atoms with van der Waals surface area (Å²) in [6, 6.07) is 12.4. The minimum Gasteiger partial charge on any atom is -0.492 e. The second kappa shape index (κ2) is 9.20. The van der Waals surface area contributed by atoms with Crippen LogP contribution in [-0.2, 0) is 6.42 Å². The highest BCUT2D eigenvalue weighted by molar-refractivity contribution is 7.09. The van der Waals surface area contributed by atoms with E-state index in [2.05, 4.69) is 58.8 Å². The molecule has 0 saturated carbocycles. The maximum atomic E-state index is 5.72. The van der Waals surface area contributed by atoms with Crippen LogP contribution in [-0.4, -0.2) is 44.7 Å². The summed E-state index contributed by atoms with van der Waals surface area (Å²) in [7, 11) is 3.87. The zero-order chi connectivity index (χ0) is 16.5. The number of ether oxygens (including phenoxy) is 1. The van der Waals surface area contributed by atoms with Gasteiger partial charge in [0.05, 0.1) is 6.54 Å². The molecule has 23 heavy (non-hydrogen) atoms. The first-order chi connectivity index (χ1) is 11.2. The van der Waals surface area contributed by atoms with Crippen LogP contribution >= 0.6 is 11.3 Å². The summed E-state index contributed by atoms with van der Waals surface area (Å²) in [5.41, 5.74) is 1.24. The van der Waals surface area contributed by atoms with Gasteiger partial charge in [0.1, 0.15) is 12.4 Å². The van der Waals surface area contributed by atoms with Crippen LogP contribution in [0.1, 0.15) is 10.4 Å². The van der Waals surface area contributed by atoms with Gasteiger partial charge in [0.25, 0.3) is 0 Å². The number of likely N-dealkylation sites (N-methyl/N-ethyl adjacent to an activating group) is 1. The average Bonchev–Trinajstić information content (AvgIpc) is 3.08. The molecule has 1 N–H and O–H groups in total. The van der Waals surface area contributed by atoms with Crippen molar-refractivity contribution >= 4 is 17.3 Å². The summed E-state index contributed by atoms with van der Waals surface area (Å²) in [4.78, 5) is 7.87. The van der Waals surface area contributed by atoms with Crippen molar-refractivity contribution in [3.8, 4) is 5.75 Å². The highest BCUT2D eigenvalue weighted by atomic mass is 32.1. The van der Waals surface area contributed by atoms with Crippen molar-refractivity contribution in [3.63, 3.8) is 0 Å². The molecule has 0 unspecified atom stereocenters. The maximum absolute atomic E-state index is 5.72. The van der Waals surface area contributed by atoms with E-state index in [9.17, 15) is 0 Å². The van der Waals surface area contributed by atoms with Crippen LogP contribution in [0.3, 0.4) is 0 Å². The van der Waals surface area contributed by atoms with Crippen LogP contribution in [0.5, 0.6) is 5.75 Å². The van der Waals surface area contributed by atoms with E-state index in [1.165, 1.54) is 10.4 Å². The Labute approximate surface area is 142 Å². The summed E-state index contributed by atoms with van der Waals surface area (Å²) >= 11 is 1.80. The van der Waals surface area contributed by atoms with Crippen molar-refractivity contribution in [2.45, 2.75) is 13.3 Å². The van der Waals surface area contributed by atoms with Gasteiger partial charge in [-0.05, 0) is 36.9 Å². The van der Waals surface area contributed by atoms with Crippen molar-refractivity contribution in [1.29, 1.82) is 0 Å². The predicted molar refractivity (Wildman–Crippen MR) is 98.7 cm³/mol. The van der Waals surface area contributed by atoms with E-state index in [1.807, 2.05) is 19.2 Å². The van der Waals surface area contributed by atoms with E-state index >= 15 is 0 Å². The van der Waals surface area contributed by atoms with Gasteiger partial charge in [-0.1, -0.05) is 23.8 Å². The van der Waals surface area contributed by atoms with Gasteiger partial charge in [-0.2, -0.15) is 0 Å². The zero-order valence-corrected chi connectivity index (χ0v) is 14.9. The van der Waals surface area contributed by atoms with E-state index in [0.29, 0.717) is 6.61 Å². The summed E-state index contributed by atoms with van der Waals surface area (Å²) in [5.74, 6) is 1.80. The van der Waals surface area contributed by atoms with Crippen LogP contribution in [0.2, 0.25) is 0 Å². The number of aliphatic imine (C=N–C) groups is 1. The quantitative estimate of drug-likeness (QED) is 0.481. The first-order valence-electron chi connectivity index (χ1n) is 7.82. The Bertz CT molecular complexity index is 593. The number of rotatable bonds is 7. The molecule has 1 heterocycles. The van der Waals surface area contributed by atoms with E-state index in [1.54, 1.807) is 11.3 Å². The van der Waals surface area contributed by atoms with Crippen molar-refractivity contribution < 1.29 is 4.74 Å². The van der Waals surface area contributed by atoms with Gasteiger partial charge >= 0.3 is 0 Å². The van der Waals surface area contributed by atoms with Crippen LogP contribution in [0, 0.1) is 6.92 Å². The van der Waals surface area contributed by atoms with Gasteiger partial charge in [-0.3, -0.25) is 4.99 Å². The molecular formula is C18H25N3OS. The molecule has 0 radical (unpaired) electrons. The number of hydrogen-bond acceptors (Lipinski definition) is 3. The smallest absolute Gasteiger partial charge is 0.193 e. The number of benzene rings is 1. The van der Waals surface area contributed by atoms with E-state index < -0.39 is 0 Å². The SMILES string of the molecule is CN=C(NCCOc1ccc(C)cc1)N(C)CCc1cccs1. The van der Waals surface area contributed by atoms with Gasteiger partial charge in [-0.25, -0.2) is 0 Å². The summed E-state index contributed by atoms with van der Waals surface area (Å²) in [6.45, 7) is 4.35. The normalized spacial score (nSPS) is 11.3. The third-order valence-corrected chi connectivity index (χ3v) is 4.46. The zero-order valence-electron chi connectivity index (χ0n) is 14.1. The Hall–Kier alpha value is -2.01. The summed E-state index contributed by atoms with van der Waals surface area (Å²) in [6.07, 6.45) is 1.04. The van der Waals surface area contributed by atoms with Crippen LogP contribution in [0.25, 0.3) is 0 Å². The molecule has 0 amide bonds. The van der Waals surface area contributed by atoms with E-state index in [-0.39, 0.29) is 0 Å². The highest BCUT2D eigenvalue weighted by Gasteiger charge is 2.06. The van der Waals surface area contributed by atoms with Crippen molar-refractivity contribution in [2.24, 2.45) is 4.99 Å². The second-order valence-electron chi connectivity index (χ2n) is 5.39. The van der Waals surface area contributed by atoms with Crippen molar-refractivity contribution in [2.75, 3.05) is 33.8 Å². The molecule has 0 spiro atoms. The molecule has 0 aliphatic heterocycles. The number of guanidine groups is 1. The minimum atomic E-state index is 0.612. The third-order valence-electron chi connectivity index (χ3n) is 3.52. The van der Waals surface area contributed by atoms with Crippen LogP contribution in [0.15, 0.2) is 46.8 Å². The van der Waals surface area contributed by atoms with Gasteiger partial charge < -0.3 is 15.0 Å². The highest BCUT2D eigenvalue weighted by Crippen LogP contribution is 2.11. The Morgan fingerprint density at radius 1 is 1.26 bits per heavy atom. The molecule has 1 aromatic heterocycles. The van der Waals surface area contributed by atoms with Crippen molar-refractivity contribution in [1.82, 2.24) is 10.2 Å². The lowest BCUT2D eigenvalue weighted by Crippen LogP contribution is -2.41. The van der Waals surface area contributed by atoms with E-state index in [0.717, 1.165) is 31.2 Å². The fourth-order valence-corrected chi connectivity index (χ4v) is 2.89. The largest absolute Gasteiger partial charge is 0.492 e. The minimum absolute atomic E-state index is 0.612. The number of thiophene rings is 1. The number of hydrogen-bond donors (Lipinski definition) is 1. The number of nitrogens with one attached hydrogen (secondary N) is 1. The maximum Gasteiger partial charge on any atom is 0.193 e. The van der Waals surface area contributed by atoms with Crippen LogP contribution in [0.4, 0.5) is 0 Å². The Balaban J connectivity index is 1.68. The molecule has 0 saturated heterocycles. The summed E-state index contributed by atoms with van der Waals surface area (Å²) < 4.78 is 5.72. The molecule has 124 valence electrons. The van der Waals surface area contributed by atoms with Gasteiger partial charge in [-0.15, -0.1) is 11.3 Å². The predicted octanol–water partition coefficient (Wildman–Crippen LogP) is 3.19. The molecule has 0 aliphatic carbocycles. The fraction of sp³-hybridized carbons (Fsp3) is 0.389. The number of nitrogens with zero attached hydrogens (tertiary/aromatic N) is 2. The molecule has 4 nitrogen and oxygen atoms in total. The van der Waals surface area contributed by atoms with E-state index in [4.69, 9.17) is 4.74 Å². The summed E-state index contributed by atoms with van der Waals surface area (Å²) in [5, 5.41) is 5.45. The monoisotopic (exact) mass is 331 g/mol. The Morgan fingerprint density at radius 3 is 2.70 bits per heavy atom. The molecule has 0 fully saturated rings. The Kier molecular flexibility index (Phi) is 6.94. The molecule has 0 atom stereocenters. The van der Waals surface area contributed by atoms with Gasteiger partial charge in [0.15, 0.2) is 5.96 Å². The lowest BCUT2D eigenvalue weighted by molar-refractivity contribution is 0.319. The molecule has 2 rings (SSSR count). The molecule has 2 aromatic rings. The average molecular weight is 331 g/mol. The van der Waals surface area contributed by atoms with Gasteiger partial charge in [0, 0.05) is 25.5 Å². The molecule has 0 bridgehead atoms.